The van der Waals surface area contributed by atoms with Gasteiger partial charge < -0.3 is 4.74 Å². The Morgan fingerprint density at radius 3 is 2.61 bits per heavy atom. The number of fused-ring (bicyclic) bond motifs is 3. The fourth-order valence-electron chi connectivity index (χ4n) is 4.06. The van der Waals surface area contributed by atoms with Gasteiger partial charge in [-0.25, -0.2) is 9.36 Å². The third kappa shape index (κ3) is 2.91. The second-order valence-corrected chi connectivity index (χ2v) is 7.52. The van der Waals surface area contributed by atoms with E-state index in [9.17, 15) is 4.79 Å². The van der Waals surface area contributed by atoms with Crippen molar-refractivity contribution in [3.63, 3.8) is 0 Å². The molecule has 8 heteroatoms. The first-order valence-corrected chi connectivity index (χ1v) is 10.1. The first kappa shape index (κ1) is 19.0. The molecule has 0 saturated carbocycles. The van der Waals surface area contributed by atoms with E-state index in [-0.39, 0.29) is 5.69 Å². The lowest BCUT2D eigenvalue weighted by Crippen LogP contribution is -2.23. The number of nitrogens with zero attached hydrogens (tertiary/aromatic N) is 6. The maximum Gasteiger partial charge on any atom is 0.334 e. The van der Waals surface area contributed by atoms with Gasteiger partial charge in [-0.2, -0.15) is 5.10 Å². The molecule has 0 amide bonds. The molecule has 5 aromatic rings. The summed E-state index contributed by atoms with van der Waals surface area (Å²) in [5, 5.41) is 5.22. The van der Waals surface area contributed by atoms with Crippen molar-refractivity contribution in [2.75, 3.05) is 6.61 Å². The molecule has 0 aliphatic carbocycles. The largest absolute Gasteiger partial charge is 0.492 e. The summed E-state index contributed by atoms with van der Waals surface area (Å²) in [6.45, 7) is 4.47. The van der Waals surface area contributed by atoms with E-state index in [2.05, 4.69) is 21.1 Å². The molecule has 4 aromatic heterocycles. The Kier molecular flexibility index (Phi) is 4.35. The van der Waals surface area contributed by atoms with Crippen molar-refractivity contribution in [1.29, 1.82) is 0 Å². The molecule has 4 heterocycles. The monoisotopic (exact) mass is 414 g/mol. The highest BCUT2D eigenvalue weighted by atomic mass is 16.5. The Bertz CT molecular complexity index is 1490. The van der Waals surface area contributed by atoms with Crippen LogP contribution < -0.4 is 10.4 Å². The summed E-state index contributed by atoms with van der Waals surface area (Å²) < 4.78 is 10.7. The molecule has 31 heavy (non-hydrogen) atoms. The molecule has 8 nitrogen and oxygen atoms in total. The fourth-order valence-corrected chi connectivity index (χ4v) is 4.06. The predicted molar refractivity (Wildman–Crippen MR) is 120 cm³/mol. The van der Waals surface area contributed by atoms with Crippen LogP contribution in [-0.4, -0.2) is 35.5 Å². The van der Waals surface area contributed by atoms with E-state index in [1.165, 1.54) is 0 Å². The smallest absolute Gasteiger partial charge is 0.334 e. The summed E-state index contributed by atoms with van der Waals surface area (Å²) >= 11 is 0. The zero-order valence-corrected chi connectivity index (χ0v) is 17.8. The van der Waals surface area contributed by atoms with E-state index in [0.29, 0.717) is 6.61 Å². The summed E-state index contributed by atoms with van der Waals surface area (Å²) in [7, 11) is 3.60. The van der Waals surface area contributed by atoms with E-state index in [4.69, 9.17) is 4.74 Å². The molecule has 0 spiro atoms. The lowest BCUT2D eigenvalue weighted by molar-refractivity contribution is 0.339. The summed E-state index contributed by atoms with van der Waals surface area (Å²) in [6, 6.07) is 8.00. The predicted octanol–water partition coefficient (Wildman–Crippen LogP) is 3.38. The van der Waals surface area contributed by atoms with Gasteiger partial charge in [0.2, 0.25) is 0 Å². The average Bonchev–Trinajstić information content (AvgIpc) is 3.23. The van der Waals surface area contributed by atoms with E-state index in [0.717, 1.165) is 50.2 Å². The zero-order valence-electron chi connectivity index (χ0n) is 17.8. The molecule has 0 atom stereocenters. The van der Waals surface area contributed by atoms with Gasteiger partial charge in [0.15, 0.2) is 0 Å². The van der Waals surface area contributed by atoms with Crippen molar-refractivity contribution in [1.82, 2.24) is 28.9 Å². The highest BCUT2D eigenvalue weighted by Crippen LogP contribution is 2.31. The van der Waals surface area contributed by atoms with Gasteiger partial charge in [-0.3, -0.25) is 19.2 Å². The van der Waals surface area contributed by atoms with Crippen LogP contribution >= 0.6 is 0 Å². The van der Waals surface area contributed by atoms with Crippen LogP contribution in [0.15, 0.2) is 53.8 Å². The van der Waals surface area contributed by atoms with Crippen LogP contribution in [0.1, 0.15) is 12.5 Å². The number of hydrogen-bond acceptors (Lipinski definition) is 5. The van der Waals surface area contributed by atoms with Crippen LogP contribution in [0.3, 0.4) is 0 Å². The maximum absolute atomic E-state index is 13.2. The summed E-state index contributed by atoms with van der Waals surface area (Å²) in [6.07, 6.45) is 7.02. The number of hydrogen-bond donors (Lipinski definition) is 0. The van der Waals surface area contributed by atoms with Crippen molar-refractivity contribution in [3.8, 4) is 22.7 Å². The molecule has 0 unspecified atom stereocenters. The number of rotatable bonds is 4. The lowest BCUT2D eigenvalue weighted by atomic mass is 10.0. The third-order valence-electron chi connectivity index (χ3n) is 5.54. The Hall–Kier alpha value is -3.94. The van der Waals surface area contributed by atoms with Crippen LogP contribution in [0, 0.1) is 6.92 Å². The molecule has 156 valence electrons. The number of benzene rings is 1. The van der Waals surface area contributed by atoms with E-state index in [1.54, 1.807) is 45.7 Å². The Morgan fingerprint density at radius 2 is 1.87 bits per heavy atom. The topological polar surface area (TPSA) is 79.8 Å². The van der Waals surface area contributed by atoms with Crippen LogP contribution in [0.25, 0.3) is 38.9 Å². The average molecular weight is 414 g/mol. The number of aryl methyl sites for hydroxylation is 3. The Labute approximate surface area is 178 Å². The van der Waals surface area contributed by atoms with Gasteiger partial charge in [0.05, 0.1) is 41.7 Å². The number of ether oxygens (including phenoxy) is 1. The first-order chi connectivity index (χ1) is 15.0. The van der Waals surface area contributed by atoms with Gasteiger partial charge in [0.25, 0.3) is 0 Å². The van der Waals surface area contributed by atoms with Gasteiger partial charge in [-0.05, 0) is 37.6 Å². The molecule has 0 aliphatic heterocycles. The minimum Gasteiger partial charge on any atom is -0.492 e. The molecule has 0 aliphatic rings. The fraction of sp³-hybridized carbons (Fsp3) is 0.217. The zero-order chi connectivity index (χ0) is 21.7. The molecule has 0 fully saturated rings. The molecule has 0 bridgehead atoms. The Balaban J connectivity index is 1.84. The molecular formula is C23H22N6O2. The van der Waals surface area contributed by atoms with E-state index in [1.807, 2.05) is 39.1 Å². The van der Waals surface area contributed by atoms with Gasteiger partial charge in [-0.15, -0.1) is 0 Å². The maximum atomic E-state index is 13.2. The second-order valence-electron chi connectivity index (χ2n) is 7.52. The number of aromatic nitrogens is 6. The summed E-state index contributed by atoms with van der Waals surface area (Å²) in [5.41, 5.74) is 5.07. The molecule has 0 saturated heterocycles. The molecule has 0 radical (unpaired) electrons. The molecule has 1 aromatic carbocycles. The quantitative estimate of drug-likeness (QED) is 0.450. The van der Waals surface area contributed by atoms with Crippen LogP contribution in [0.2, 0.25) is 0 Å². The molecular weight excluding hydrogens is 392 g/mol. The third-order valence-corrected chi connectivity index (χ3v) is 5.54. The van der Waals surface area contributed by atoms with Crippen molar-refractivity contribution in [3.05, 3.63) is 65.1 Å². The van der Waals surface area contributed by atoms with E-state index >= 15 is 0 Å². The van der Waals surface area contributed by atoms with Crippen molar-refractivity contribution in [2.45, 2.75) is 13.8 Å². The highest BCUT2D eigenvalue weighted by molar-refractivity contribution is 6.04. The van der Waals surface area contributed by atoms with Crippen molar-refractivity contribution < 1.29 is 4.74 Å². The first-order valence-electron chi connectivity index (χ1n) is 10.1. The van der Waals surface area contributed by atoms with Crippen LogP contribution in [0.4, 0.5) is 0 Å². The standard InChI is InChI=1S/C23H22N6O2/c1-5-31-17-8-16(11-24-12-17)15-6-7-19-18(9-15)21-20(13-25-19)27(3)23(30)29(21)22-14(2)10-26-28(22)4/h6-13H,5H2,1-4H3. The van der Waals surface area contributed by atoms with Gasteiger partial charge in [0, 0.05) is 36.8 Å². The Morgan fingerprint density at radius 1 is 1.03 bits per heavy atom. The number of pyridine rings is 2. The minimum absolute atomic E-state index is 0.138. The second kappa shape index (κ2) is 7.09. The van der Waals surface area contributed by atoms with Gasteiger partial charge in [-0.1, -0.05) is 6.07 Å². The number of imidazole rings is 1. The SMILES string of the molecule is CCOc1cncc(-c2ccc3ncc4c(c3c2)n(-c2c(C)cnn2C)c(=O)n4C)c1. The normalized spacial score (nSPS) is 11.5. The minimum atomic E-state index is -0.138. The van der Waals surface area contributed by atoms with Crippen molar-refractivity contribution >= 4 is 21.9 Å². The highest BCUT2D eigenvalue weighted by Gasteiger charge is 2.20. The van der Waals surface area contributed by atoms with Crippen molar-refractivity contribution in [2.24, 2.45) is 14.1 Å². The van der Waals surface area contributed by atoms with Crippen LogP contribution in [-0.2, 0) is 14.1 Å². The van der Waals surface area contributed by atoms with Gasteiger partial charge >= 0.3 is 5.69 Å². The summed E-state index contributed by atoms with van der Waals surface area (Å²) in [4.78, 5) is 22.1. The summed E-state index contributed by atoms with van der Waals surface area (Å²) in [5.74, 6) is 1.46. The molecule has 0 N–H and O–H groups in total. The van der Waals surface area contributed by atoms with Gasteiger partial charge in [0.1, 0.15) is 11.6 Å². The van der Waals surface area contributed by atoms with Crippen LogP contribution in [0.5, 0.6) is 5.75 Å². The lowest BCUT2D eigenvalue weighted by Gasteiger charge is -2.10. The molecule has 5 rings (SSSR count). The van der Waals surface area contributed by atoms with E-state index < -0.39 is 0 Å².